The molecule has 5 rings (SSSR count). The molecule has 0 radical (unpaired) electrons. The lowest BCUT2D eigenvalue weighted by Gasteiger charge is -2.27. The first-order chi connectivity index (χ1) is 14.1. The van der Waals surface area contributed by atoms with Gasteiger partial charge in [-0.1, -0.05) is 38.1 Å². The van der Waals surface area contributed by atoms with E-state index in [-0.39, 0.29) is 17.6 Å². The largest absolute Gasteiger partial charge is 0.491 e. The van der Waals surface area contributed by atoms with Crippen molar-refractivity contribution in [2.24, 2.45) is 0 Å². The van der Waals surface area contributed by atoms with Gasteiger partial charge in [-0.05, 0) is 34.9 Å². The summed E-state index contributed by atoms with van der Waals surface area (Å²) in [5.74, 6) is 1.83. The molecule has 2 aromatic rings. The Labute approximate surface area is 171 Å². The molecule has 0 aliphatic carbocycles. The molecule has 154 valence electrons. The summed E-state index contributed by atoms with van der Waals surface area (Å²) in [6.07, 6.45) is 1.73. The van der Waals surface area contributed by atoms with Gasteiger partial charge in [0, 0.05) is 11.8 Å². The van der Waals surface area contributed by atoms with Gasteiger partial charge in [0.05, 0.1) is 25.9 Å². The SMILES string of the molecule is CC(C)(c1ccc(OCC2CO2)cc1)c1ccc(OCC2CO2)c(CC2CO2)c1. The van der Waals surface area contributed by atoms with Crippen LogP contribution in [0.25, 0.3) is 0 Å². The van der Waals surface area contributed by atoms with E-state index in [0.29, 0.717) is 19.3 Å². The highest BCUT2D eigenvalue weighted by Gasteiger charge is 2.29. The number of hydrogen-bond donors (Lipinski definition) is 0. The van der Waals surface area contributed by atoms with Crippen LogP contribution in [0.15, 0.2) is 42.5 Å². The molecule has 3 atom stereocenters. The molecule has 0 bridgehead atoms. The number of rotatable bonds is 10. The van der Waals surface area contributed by atoms with Crippen molar-refractivity contribution in [3.63, 3.8) is 0 Å². The minimum Gasteiger partial charge on any atom is -0.491 e. The molecule has 3 unspecified atom stereocenters. The molecule has 0 saturated carbocycles. The van der Waals surface area contributed by atoms with Crippen LogP contribution in [0.1, 0.15) is 30.5 Å². The average molecular weight is 396 g/mol. The highest BCUT2D eigenvalue weighted by molar-refractivity contribution is 5.46. The molecule has 3 heterocycles. The van der Waals surface area contributed by atoms with E-state index in [1.54, 1.807) is 0 Å². The maximum atomic E-state index is 6.02. The summed E-state index contributed by atoms with van der Waals surface area (Å²) in [5.41, 5.74) is 3.60. The molecule has 0 N–H and O–H groups in total. The van der Waals surface area contributed by atoms with Crippen molar-refractivity contribution in [3.05, 3.63) is 59.2 Å². The molecular weight excluding hydrogens is 368 g/mol. The molecule has 5 nitrogen and oxygen atoms in total. The Morgan fingerprint density at radius 2 is 1.38 bits per heavy atom. The number of ether oxygens (including phenoxy) is 5. The van der Waals surface area contributed by atoms with Crippen LogP contribution in [-0.2, 0) is 26.0 Å². The standard InChI is InChI=1S/C24H28O5/c1-24(2,17-3-6-19(7-4-17)25-12-21-13-27-21)18-5-8-23(29-15-22-14-28-22)16(9-18)10-20-11-26-20/h3-9,20-22H,10-15H2,1-2H3. The van der Waals surface area contributed by atoms with E-state index in [1.165, 1.54) is 16.7 Å². The molecule has 0 spiro atoms. The summed E-state index contributed by atoms with van der Waals surface area (Å²) < 4.78 is 27.7. The fourth-order valence-electron chi connectivity index (χ4n) is 3.53. The van der Waals surface area contributed by atoms with E-state index in [2.05, 4.69) is 44.2 Å². The van der Waals surface area contributed by atoms with Crippen molar-refractivity contribution < 1.29 is 23.7 Å². The Morgan fingerprint density at radius 3 is 2.00 bits per heavy atom. The average Bonchev–Trinajstić information content (AvgIpc) is 3.56. The van der Waals surface area contributed by atoms with Crippen LogP contribution in [0.2, 0.25) is 0 Å². The normalized spacial score (nSPS) is 24.8. The van der Waals surface area contributed by atoms with E-state index in [4.69, 9.17) is 23.7 Å². The second-order valence-corrected chi connectivity index (χ2v) is 8.66. The lowest BCUT2D eigenvalue weighted by Crippen LogP contribution is -2.19. The van der Waals surface area contributed by atoms with Crippen molar-refractivity contribution in [2.75, 3.05) is 33.0 Å². The summed E-state index contributed by atoms with van der Waals surface area (Å²) in [6.45, 7) is 8.22. The molecule has 29 heavy (non-hydrogen) atoms. The predicted molar refractivity (Wildman–Crippen MR) is 109 cm³/mol. The van der Waals surface area contributed by atoms with Gasteiger partial charge < -0.3 is 23.7 Å². The highest BCUT2D eigenvalue weighted by Crippen LogP contribution is 2.36. The van der Waals surface area contributed by atoms with Gasteiger partial charge in [0.1, 0.15) is 36.9 Å². The van der Waals surface area contributed by atoms with E-state index >= 15 is 0 Å². The summed E-state index contributed by atoms with van der Waals surface area (Å²) in [6, 6.07) is 15.0. The molecule has 3 saturated heterocycles. The van der Waals surface area contributed by atoms with Gasteiger partial charge >= 0.3 is 0 Å². The Bertz CT molecular complexity index is 848. The summed E-state index contributed by atoms with van der Waals surface area (Å²) in [7, 11) is 0. The van der Waals surface area contributed by atoms with Crippen LogP contribution >= 0.6 is 0 Å². The topological polar surface area (TPSA) is 56.0 Å². The van der Waals surface area contributed by atoms with E-state index < -0.39 is 0 Å². The lowest BCUT2D eigenvalue weighted by atomic mass is 9.77. The zero-order chi connectivity index (χ0) is 19.8. The molecule has 3 aliphatic rings. The predicted octanol–water partition coefficient (Wildman–Crippen LogP) is 3.51. The zero-order valence-corrected chi connectivity index (χ0v) is 17.1. The minimum atomic E-state index is -0.130. The van der Waals surface area contributed by atoms with Crippen LogP contribution in [0.3, 0.4) is 0 Å². The maximum Gasteiger partial charge on any atom is 0.122 e. The van der Waals surface area contributed by atoms with Crippen LogP contribution in [0.5, 0.6) is 11.5 Å². The first kappa shape index (κ1) is 18.9. The quantitative estimate of drug-likeness (QED) is 0.575. The third kappa shape index (κ3) is 4.74. The summed E-state index contributed by atoms with van der Waals surface area (Å²) >= 11 is 0. The van der Waals surface area contributed by atoms with Crippen molar-refractivity contribution in [1.82, 2.24) is 0 Å². The minimum absolute atomic E-state index is 0.130. The number of benzene rings is 2. The van der Waals surface area contributed by atoms with Crippen LogP contribution < -0.4 is 9.47 Å². The van der Waals surface area contributed by atoms with E-state index in [0.717, 1.165) is 37.7 Å². The van der Waals surface area contributed by atoms with Crippen LogP contribution in [0, 0.1) is 0 Å². The molecule has 3 aliphatic heterocycles. The third-order valence-electron chi connectivity index (χ3n) is 5.87. The molecule has 5 heteroatoms. The molecule has 3 fully saturated rings. The third-order valence-corrected chi connectivity index (χ3v) is 5.87. The highest BCUT2D eigenvalue weighted by atomic mass is 16.6. The summed E-state index contributed by atoms with van der Waals surface area (Å²) in [5, 5.41) is 0. The van der Waals surface area contributed by atoms with E-state index in [1.807, 2.05) is 12.1 Å². The number of epoxide rings is 3. The van der Waals surface area contributed by atoms with Gasteiger partial charge in [-0.25, -0.2) is 0 Å². The van der Waals surface area contributed by atoms with Crippen molar-refractivity contribution in [2.45, 2.75) is 44.0 Å². The molecule has 0 amide bonds. The number of hydrogen-bond acceptors (Lipinski definition) is 5. The fourth-order valence-corrected chi connectivity index (χ4v) is 3.53. The Hall–Kier alpha value is -2.08. The van der Waals surface area contributed by atoms with Gasteiger partial charge in [0.15, 0.2) is 0 Å². The summed E-state index contributed by atoms with van der Waals surface area (Å²) in [4.78, 5) is 0. The van der Waals surface area contributed by atoms with E-state index in [9.17, 15) is 0 Å². The first-order valence-electron chi connectivity index (χ1n) is 10.4. The lowest BCUT2D eigenvalue weighted by molar-refractivity contribution is 0.260. The second-order valence-electron chi connectivity index (χ2n) is 8.66. The zero-order valence-electron chi connectivity index (χ0n) is 17.1. The monoisotopic (exact) mass is 396 g/mol. The van der Waals surface area contributed by atoms with Gasteiger partial charge in [-0.15, -0.1) is 0 Å². The Balaban J connectivity index is 1.34. The fraction of sp³-hybridized carbons (Fsp3) is 0.500. The second kappa shape index (κ2) is 7.63. The molecular formula is C24H28O5. The van der Waals surface area contributed by atoms with Crippen molar-refractivity contribution >= 4 is 0 Å². The van der Waals surface area contributed by atoms with Gasteiger partial charge in [-0.3, -0.25) is 0 Å². The van der Waals surface area contributed by atoms with Gasteiger partial charge in [-0.2, -0.15) is 0 Å². The van der Waals surface area contributed by atoms with Gasteiger partial charge in [0.25, 0.3) is 0 Å². The van der Waals surface area contributed by atoms with Crippen molar-refractivity contribution in [1.29, 1.82) is 0 Å². The Kier molecular flexibility index (Phi) is 4.98. The van der Waals surface area contributed by atoms with Crippen LogP contribution in [-0.4, -0.2) is 51.3 Å². The van der Waals surface area contributed by atoms with Crippen LogP contribution in [0.4, 0.5) is 0 Å². The maximum absolute atomic E-state index is 6.02. The Morgan fingerprint density at radius 1 is 0.793 bits per heavy atom. The van der Waals surface area contributed by atoms with Crippen molar-refractivity contribution in [3.8, 4) is 11.5 Å². The molecule has 2 aromatic carbocycles. The smallest absolute Gasteiger partial charge is 0.122 e. The van der Waals surface area contributed by atoms with Gasteiger partial charge in [0.2, 0.25) is 0 Å². The molecule has 0 aromatic heterocycles. The first-order valence-corrected chi connectivity index (χ1v) is 10.4.